The number of nitrogens with one attached hydrogen (secondary N) is 1. The second kappa shape index (κ2) is 6.85. The fourth-order valence-electron chi connectivity index (χ4n) is 2.36. The van der Waals surface area contributed by atoms with Crippen LogP contribution >= 0.6 is 0 Å². The minimum atomic E-state index is -0.150. The quantitative estimate of drug-likeness (QED) is 0.876. The third-order valence-corrected chi connectivity index (χ3v) is 3.65. The van der Waals surface area contributed by atoms with Gasteiger partial charge in [0.2, 0.25) is 0 Å². The molecule has 114 valence electrons. The molecule has 1 N–H and O–H groups in total. The van der Waals surface area contributed by atoms with Gasteiger partial charge in [-0.05, 0) is 50.6 Å². The van der Waals surface area contributed by atoms with E-state index in [4.69, 9.17) is 0 Å². The van der Waals surface area contributed by atoms with Gasteiger partial charge in [-0.3, -0.25) is 4.68 Å². The standard InChI is InChI=1S/C17H24FN3/c1-5-19-17(14-7-6-13(4)16(18)10-14)11-15-8-9-21(20-15)12(2)3/h6-10,12,17,19H,5,11H2,1-4H3. The van der Waals surface area contributed by atoms with Crippen LogP contribution in [0.2, 0.25) is 0 Å². The van der Waals surface area contributed by atoms with Crippen molar-refractivity contribution in [1.29, 1.82) is 0 Å². The van der Waals surface area contributed by atoms with E-state index >= 15 is 0 Å². The maximum Gasteiger partial charge on any atom is 0.126 e. The monoisotopic (exact) mass is 289 g/mol. The number of likely N-dealkylation sites (N-methyl/N-ethyl adjacent to an activating group) is 1. The van der Waals surface area contributed by atoms with E-state index < -0.39 is 0 Å². The van der Waals surface area contributed by atoms with Crippen LogP contribution in [0.15, 0.2) is 30.5 Å². The van der Waals surface area contributed by atoms with Gasteiger partial charge in [-0.2, -0.15) is 5.10 Å². The number of aromatic nitrogens is 2. The molecule has 1 aromatic carbocycles. The lowest BCUT2D eigenvalue weighted by Gasteiger charge is -2.18. The summed E-state index contributed by atoms with van der Waals surface area (Å²) >= 11 is 0. The molecular formula is C17H24FN3. The summed E-state index contributed by atoms with van der Waals surface area (Å²) in [5, 5.41) is 8.00. The molecule has 0 aliphatic heterocycles. The third-order valence-electron chi connectivity index (χ3n) is 3.65. The predicted octanol–water partition coefficient (Wildman–Crippen LogP) is 3.80. The number of halogens is 1. The highest BCUT2D eigenvalue weighted by Crippen LogP contribution is 2.20. The van der Waals surface area contributed by atoms with Gasteiger partial charge in [-0.1, -0.05) is 19.1 Å². The number of hydrogen-bond acceptors (Lipinski definition) is 2. The zero-order valence-electron chi connectivity index (χ0n) is 13.2. The Morgan fingerprint density at radius 3 is 2.62 bits per heavy atom. The van der Waals surface area contributed by atoms with Crippen LogP contribution in [0.1, 0.15) is 49.7 Å². The van der Waals surface area contributed by atoms with Crippen LogP contribution in [-0.4, -0.2) is 16.3 Å². The summed E-state index contributed by atoms with van der Waals surface area (Å²) in [5.41, 5.74) is 2.67. The maximum atomic E-state index is 13.8. The summed E-state index contributed by atoms with van der Waals surface area (Å²) < 4.78 is 15.7. The number of rotatable bonds is 6. The Kier molecular flexibility index (Phi) is 5.12. The molecule has 0 amide bonds. The van der Waals surface area contributed by atoms with Crippen molar-refractivity contribution in [2.45, 2.75) is 46.2 Å². The molecule has 0 spiro atoms. The number of nitrogens with zero attached hydrogens (tertiary/aromatic N) is 2. The summed E-state index contributed by atoms with van der Waals surface area (Å²) in [6, 6.07) is 7.93. The third kappa shape index (κ3) is 3.91. The highest BCUT2D eigenvalue weighted by molar-refractivity contribution is 5.27. The van der Waals surface area contributed by atoms with Crippen LogP contribution in [0.3, 0.4) is 0 Å². The first kappa shape index (κ1) is 15.7. The Labute approximate surface area is 126 Å². The average molecular weight is 289 g/mol. The van der Waals surface area contributed by atoms with Gasteiger partial charge >= 0.3 is 0 Å². The van der Waals surface area contributed by atoms with Crippen molar-refractivity contribution >= 4 is 0 Å². The number of aryl methyl sites for hydroxylation is 1. The Bertz CT molecular complexity index is 589. The molecule has 1 aromatic heterocycles. The fraction of sp³-hybridized carbons (Fsp3) is 0.471. The van der Waals surface area contributed by atoms with E-state index in [0.29, 0.717) is 11.6 Å². The average Bonchev–Trinajstić information content (AvgIpc) is 2.90. The van der Waals surface area contributed by atoms with Crippen molar-refractivity contribution in [2.75, 3.05) is 6.54 Å². The van der Waals surface area contributed by atoms with E-state index in [2.05, 4.69) is 31.2 Å². The molecule has 1 atom stereocenters. The lowest BCUT2D eigenvalue weighted by molar-refractivity contribution is 0.504. The molecule has 0 fully saturated rings. The minimum absolute atomic E-state index is 0.0839. The fourth-order valence-corrected chi connectivity index (χ4v) is 2.36. The molecule has 1 unspecified atom stereocenters. The van der Waals surface area contributed by atoms with Gasteiger partial charge in [0.15, 0.2) is 0 Å². The molecule has 0 saturated heterocycles. The molecule has 21 heavy (non-hydrogen) atoms. The van der Waals surface area contributed by atoms with E-state index in [1.54, 1.807) is 13.0 Å². The SMILES string of the molecule is CCNC(Cc1ccn(C(C)C)n1)c1ccc(C)c(F)c1. The summed E-state index contributed by atoms with van der Waals surface area (Å²) in [6.45, 7) is 8.89. The van der Waals surface area contributed by atoms with E-state index in [1.807, 2.05) is 29.1 Å². The molecule has 2 aromatic rings. The lowest BCUT2D eigenvalue weighted by Crippen LogP contribution is -2.23. The molecule has 0 radical (unpaired) electrons. The Morgan fingerprint density at radius 1 is 1.29 bits per heavy atom. The normalized spacial score (nSPS) is 12.9. The molecule has 2 rings (SSSR count). The molecule has 1 heterocycles. The second-order valence-corrected chi connectivity index (χ2v) is 5.70. The second-order valence-electron chi connectivity index (χ2n) is 5.70. The van der Waals surface area contributed by atoms with E-state index in [0.717, 1.165) is 24.2 Å². The van der Waals surface area contributed by atoms with Crippen molar-refractivity contribution in [3.63, 3.8) is 0 Å². The van der Waals surface area contributed by atoms with Gasteiger partial charge in [0.05, 0.1) is 5.69 Å². The van der Waals surface area contributed by atoms with Crippen LogP contribution in [0.5, 0.6) is 0 Å². The summed E-state index contributed by atoms with van der Waals surface area (Å²) in [4.78, 5) is 0. The zero-order chi connectivity index (χ0) is 15.4. The first-order chi connectivity index (χ1) is 10.0. The van der Waals surface area contributed by atoms with Crippen molar-refractivity contribution in [2.24, 2.45) is 0 Å². The van der Waals surface area contributed by atoms with Crippen molar-refractivity contribution in [1.82, 2.24) is 15.1 Å². The summed E-state index contributed by atoms with van der Waals surface area (Å²) in [6.07, 6.45) is 2.76. The smallest absolute Gasteiger partial charge is 0.126 e. The van der Waals surface area contributed by atoms with Crippen molar-refractivity contribution in [3.05, 3.63) is 53.1 Å². The van der Waals surface area contributed by atoms with Gasteiger partial charge in [0.25, 0.3) is 0 Å². The molecule has 4 heteroatoms. The summed E-state index contributed by atoms with van der Waals surface area (Å²) in [5.74, 6) is -0.150. The minimum Gasteiger partial charge on any atom is -0.310 e. The zero-order valence-corrected chi connectivity index (χ0v) is 13.2. The van der Waals surface area contributed by atoms with Crippen LogP contribution in [0.25, 0.3) is 0 Å². The first-order valence-corrected chi connectivity index (χ1v) is 7.54. The topological polar surface area (TPSA) is 29.9 Å². The van der Waals surface area contributed by atoms with Gasteiger partial charge in [-0.25, -0.2) is 4.39 Å². The van der Waals surface area contributed by atoms with Crippen LogP contribution < -0.4 is 5.32 Å². The molecule has 0 aliphatic carbocycles. The molecule has 0 bridgehead atoms. The molecule has 0 saturated carbocycles. The van der Waals surface area contributed by atoms with Gasteiger partial charge in [0, 0.05) is 24.7 Å². The maximum absolute atomic E-state index is 13.8. The Morgan fingerprint density at radius 2 is 2.05 bits per heavy atom. The Balaban J connectivity index is 2.19. The largest absolute Gasteiger partial charge is 0.310 e. The predicted molar refractivity (Wildman–Crippen MR) is 83.9 cm³/mol. The van der Waals surface area contributed by atoms with Crippen LogP contribution in [0, 0.1) is 12.7 Å². The lowest BCUT2D eigenvalue weighted by atomic mass is 10.0. The first-order valence-electron chi connectivity index (χ1n) is 7.54. The number of hydrogen-bond donors (Lipinski definition) is 1. The van der Waals surface area contributed by atoms with Crippen molar-refractivity contribution in [3.8, 4) is 0 Å². The molecule has 3 nitrogen and oxygen atoms in total. The van der Waals surface area contributed by atoms with Crippen LogP contribution in [0.4, 0.5) is 4.39 Å². The van der Waals surface area contributed by atoms with Gasteiger partial charge in [-0.15, -0.1) is 0 Å². The van der Waals surface area contributed by atoms with Gasteiger partial charge < -0.3 is 5.32 Å². The highest BCUT2D eigenvalue weighted by atomic mass is 19.1. The molecule has 0 aliphatic rings. The van der Waals surface area contributed by atoms with Gasteiger partial charge in [0.1, 0.15) is 5.82 Å². The van der Waals surface area contributed by atoms with Crippen LogP contribution in [-0.2, 0) is 6.42 Å². The number of benzene rings is 1. The molecular weight excluding hydrogens is 265 g/mol. The highest BCUT2D eigenvalue weighted by Gasteiger charge is 2.14. The van der Waals surface area contributed by atoms with E-state index in [-0.39, 0.29) is 11.9 Å². The summed E-state index contributed by atoms with van der Waals surface area (Å²) in [7, 11) is 0. The van der Waals surface area contributed by atoms with Crippen molar-refractivity contribution < 1.29 is 4.39 Å². The van der Waals surface area contributed by atoms with E-state index in [9.17, 15) is 4.39 Å². The van der Waals surface area contributed by atoms with E-state index in [1.165, 1.54) is 0 Å². The Hall–Kier alpha value is -1.68.